The van der Waals surface area contributed by atoms with Crippen LogP contribution >= 0.6 is 0 Å². The molecule has 0 aliphatic carbocycles. The van der Waals surface area contributed by atoms with Gasteiger partial charge in [0, 0.05) is 12.8 Å². The summed E-state index contributed by atoms with van der Waals surface area (Å²) in [6, 6.07) is -0.641. The number of ether oxygens (including phenoxy) is 1. The molecule has 0 saturated heterocycles. The molecule has 0 aliphatic heterocycles. The summed E-state index contributed by atoms with van der Waals surface area (Å²) in [5.74, 6) is -0.0962. The summed E-state index contributed by atoms with van der Waals surface area (Å²) in [7, 11) is 0. The Morgan fingerprint density at radius 2 is 0.723 bits per heavy atom. The van der Waals surface area contributed by atoms with E-state index >= 15 is 0 Å². The zero-order valence-corrected chi connectivity index (χ0v) is 43.5. The second kappa shape index (κ2) is 54.7. The van der Waals surface area contributed by atoms with Crippen LogP contribution in [0.4, 0.5) is 0 Å². The summed E-state index contributed by atoms with van der Waals surface area (Å²) in [4.78, 5) is 24.5. The van der Waals surface area contributed by atoms with E-state index in [-0.39, 0.29) is 18.5 Å². The number of hydrogen-bond acceptors (Lipinski definition) is 5. The molecule has 6 heteroatoms. The number of unbranched alkanes of at least 4 members (excludes halogenated alkanes) is 38. The quantitative estimate of drug-likeness (QED) is 0.0321. The van der Waals surface area contributed by atoms with E-state index in [9.17, 15) is 19.8 Å². The van der Waals surface area contributed by atoms with Gasteiger partial charge < -0.3 is 20.3 Å². The summed E-state index contributed by atoms with van der Waals surface area (Å²) >= 11 is 0. The Kier molecular flexibility index (Phi) is 53.1. The molecule has 0 bridgehead atoms. The number of esters is 1. The second-order valence-corrected chi connectivity index (χ2v) is 19.6. The third-order valence-electron chi connectivity index (χ3n) is 13.1. The van der Waals surface area contributed by atoms with Crippen LogP contribution in [0.2, 0.25) is 0 Å². The van der Waals surface area contributed by atoms with Gasteiger partial charge in [0.25, 0.3) is 0 Å². The molecule has 0 aliphatic rings. The highest BCUT2D eigenvalue weighted by atomic mass is 16.5. The van der Waals surface area contributed by atoms with E-state index in [1.807, 2.05) is 6.08 Å². The fraction of sp³-hybridized carbons (Fsp3) is 0.864. The van der Waals surface area contributed by atoms with Crippen molar-refractivity contribution in [1.29, 1.82) is 0 Å². The number of hydrogen-bond donors (Lipinski definition) is 3. The van der Waals surface area contributed by atoms with Gasteiger partial charge in [-0.05, 0) is 83.5 Å². The van der Waals surface area contributed by atoms with Gasteiger partial charge in [-0.3, -0.25) is 9.59 Å². The van der Waals surface area contributed by atoms with Crippen molar-refractivity contribution >= 4 is 11.9 Å². The predicted molar refractivity (Wildman–Crippen MR) is 283 cm³/mol. The highest BCUT2D eigenvalue weighted by molar-refractivity contribution is 5.76. The molecule has 0 saturated carbocycles. The Bertz CT molecular complexity index is 1060. The normalized spacial score (nSPS) is 12.9. The molecule has 0 spiro atoms. The standard InChI is InChI=1S/C59H111NO5/c1-3-5-7-9-11-13-15-17-19-20-24-27-31-35-39-43-47-51-57(62)56(55-61)60-58(63)52-48-44-40-36-32-28-25-21-22-26-30-34-38-42-46-50-54-65-59(64)53-49-45-41-37-33-29-23-18-16-14-12-10-8-6-4-2/h18,21,23,25,47,51,56-57,61-62H,3-17,19-20,22,24,26-46,48-50,52-55H2,1-2H3,(H,60,63)/b23-18-,25-21-,51-47+. The smallest absolute Gasteiger partial charge is 0.305 e. The average molecular weight is 915 g/mol. The van der Waals surface area contributed by atoms with Crippen molar-refractivity contribution in [2.24, 2.45) is 0 Å². The Labute approximate surface area is 404 Å². The molecule has 2 atom stereocenters. The third kappa shape index (κ3) is 51.3. The lowest BCUT2D eigenvalue weighted by Gasteiger charge is -2.20. The zero-order valence-electron chi connectivity index (χ0n) is 43.5. The molecule has 1 amide bonds. The Balaban J connectivity index is 3.50. The van der Waals surface area contributed by atoms with E-state index in [1.165, 1.54) is 212 Å². The van der Waals surface area contributed by atoms with Gasteiger partial charge in [0.15, 0.2) is 0 Å². The SMILES string of the molecule is CCCCCCCC/C=C\CCCCCCCC(=O)OCCCCCCCCC/C=C\CCCCCCCC(=O)NC(CO)C(O)/C=C/CCCCCCCCCCCCCCCCC. The lowest BCUT2D eigenvalue weighted by atomic mass is 10.0. The van der Waals surface area contributed by atoms with Gasteiger partial charge in [-0.15, -0.1) is 0 Å². The summed E-state index contributed by atoms with van der Waals surface area (Å²) < 4.78 is 5.46. The number of nitrogens with one attached hydrogen (secondary N) is 1. The minimum atomic E-state index is -0.855. The Morgan fingerprint density at radius 3 is 1.09 bits per heavy atom. The number of allylic oxidation sites excluding steroid dienone is 5. The zero-order chi connectivity index (χ0) is 47.2. The van der Waals surface area contributed by atoms with Crippen molar-refractivity contribution in [2.45, 2.75) is 315 Å². The van der Waals surface area contributed by atoms with Crippen LogP contribution in [-0.2, 0) is 14.3 Å². The molecular formula is C59H111NO5. The van der Waals surface area contributed by atoms with Crippen LogP contribution in [-0.4, -0.2) is 47.4 Å². The van der Waals surface area contributed by atoms with Gasteiger partial charge in [-0.1, -0.05) is 243 Å². The molecule has 0 fully saturated rings. The highest BCUT2D eigenvalue weighted by Crippen LogP contribution is 2.16. The van der Waals surface area contributed by atoms with Crippen LogP contribution in [0.3, 0.4) is 0 Å². The molecule has 0 aromatic heterocycles. The maximum Gasteiger partial charge on any atom is 0.305 e. The first-order valence-electron chi connectivity index (χ1n) is 28.8. The predicted octanol–water partition coefficient (Wildman–Crippen LogP) is 17.6. The largest absolute Gasteiger partial charge is 0.466 e. The van der Waals surface area contributed by atoms with Crippen molar-refractivity contribution in [3.05, 3.63) is 36.5 Å². The molecular weight excluding hydrogens is 803 g/mol. The summed E-state index contributed by atoms with van der Waals surface area (Å²) in [6.45, 7) is 4.88. The van der Waals surface area contributed by atoms with Crippen molar-refractivity contribution in [3.63, 3.8) is 0 Å². The maximum absolute atomic E-state index is 12.5. The molecule has 0 rings (SSSR count). The van der Waals surface area contributed by atoms with Gasteiger partial charge in [0.05, 0.1) is 25.4 Å². The number of carbonyl (C=O) groups is 2. The van der Waals surface area contributed by atoms with E-state index in [2.05, 4.69) is 43.5 Å². The molecule has 2 unspecified atom stereocenters. The summed E-state index contributed by atoms with van der Waals surface area (Å²) in [5, 5.41) is 23.1. The Hall–Kier alpha value is -1.92. The Morgan fingerprint density at radius 1 is 0.415 bits per heavy atom. The van der Waals surface area contributed by atoms with Gasteiger partial charge in [-0.2, -0.15) is 0 Å². The number of aliphatic hydroxyl groups is 2. The topological polar surface area (TPSA) is 95.9 Å². The van der Waals surface area contributed by atoms with Gasteiger partial charge >= 0.3 is 5.97 Å². The van der Waals surface area contributed by atoms with E-state index in [0.29, 0.717) is 19.4 Å². The van der Waals surface area contributed by atoms with E-state index in [0.717, 1.165) is 64.2 Å². The molecule has 0 aromatic carbocycles. The maximum atomic E-state index is 12.5. The fourth-order valence-electron chi connectivity index (χ4n) is 8.68. The van der Waals surface area contributed by atoms with Crippen molar-refractivity contribution in [3.8, 4) is 0 Å². The average Bonchev–Trinajstić information content (AvgIpc) is 3.31. The molecule has 0 radical (unpaired) electrons. The lowest BCUT2D eigenvalue weighted by molar-refractivity contribution is -0.143. The van der Waals surface area contributed by atoms with Crippen LogP contribution < -0.4 is 5.32 Å². The van der Waals surface area contributed by atoms with Crippen LogP contribution in [0.1, 0.15) is 303 Å². The number of carbonyl (C=O) groups excluding carboxylic acids is 2. The van der Waals surface area contributed by atoms with Crippen molar-refractivity contribution < 1.29 is 24.5 Å². The number of amides is 1. The summed E-state index contributed by atoms with van der Waals surface area (Å²) in [6.07, 6.45) is 67.3. The van der Waals surface area contributed by atoms with E-state index in [1.54, 1.807) is 6.08 Å². The summed E-state index contributed by atoms with van der Waals surface area (Å²) in [5.41, 5.74) is 0. The minimum Gasteiger partial charge on any atom is -0.466 e. The monoisotopic (exact) mass is 914 g/mol. The molecule has 65 heavy (non-hydrogen) atoms. The van der Waals surface area contributed by atoms with Gasteiger partial charge in [0.1, 0.15) is 0 Å². The van der Waals surface area contributed by atoms with Crippen molar-refractivity contribution in [1.82, 2.24) is 5.32 Å². The molecule has 382 valence electrons. The number of aliphatic hydroxyl groups excluding tert-OH is 2. The first-order chi connectivity index (χ1) is 32.0. The second-order valence-electron chi connectivity index (χ2n) is 19.6. The third-order valence-corrected chi connectivity index (χ3v) is 13.1. The lowest BCUT2D eigenvalue weighted by Crippen LogP contribution is -2.45. The fourth-order valence-corrected chi connectivity index (χ4v) is 8.68. The van der Waals surface area contributed by atoms with Crippen LogP contribution in [0.15, 0.2) is 36.5 Å². The molecule has 3 N–H and O–H groups in total. The number of rotatable bonds is 53. The molecule has 0 heterocycles. The van der Waals surface area contributed by atoms with Crippen LogP contribution in [0.5, 0.6) is 0 Å². The highest BCUT2D eigenvalue weighted by Gasteiger charge is 2.18. The van der Waals surface area contributed by atoms with Crippen LogP contribution in [0.25, 0.3) is 0 Å². The molecule has 6 nitrogen and oxygen atoms in total. The van der Waals surface area contributed by atoms with Crippen molar-refractivity contribution in [2.75, 3.05) is 13.2 Å². The van der Waals surface area contributed by atoms with Gasteiger partial charge in [0.2, 0.25) is 5.91 Å². The first-order valence-corrected chi connectivity index (χ1v) is 28.8. The molecule has 0 aromatic rings. The van der Waals surface area contributed by atoms with Crippen LogP contribution in [0, 0.1) is 0 Å². The van der Waals surface area contributed by atoms with E-state index < -0.39 is 12.1 Å². The first kappa shape index (κ1) is 63.1. The minimum absolute atomic E-state index is 0.0119. The van der Waals surface area contributed by atoms with E-state index in [4.69, 9.17) is 4.74 Å². The van der Waals surface area contributed by atoms with Gasteiger partial charge in [-0.25, -0.2) is 0 Å².